The summed E-state index contributed by atoms with van der Waals surface area (Å²) in [7, 11) is 0. The van der Waals surface area contributed by atoms with Gasteiger partial charge in [0.2, 0.25) is 11.8 Å². The molecule has 1 aliphatic rings. The van der Waals surface area contributed by atoms with Gasteiger partial charge in [-0.2, -0.15) is 0 Å². The highest BCUT2D eigenvalue weighted by Gasteiger charge is 2.35. The second-order valence-electron chi connectivity index (χ2n) is 7.34. The van der Waals surface area contributed by atoms with Crippen LogP contribution in [0.25, 0.3) is 0 Å². The summed E-state index contributed by atoms with van der Waals surface area (Å²) in [5.41, 5.74) is 1.27. The Hall–Kier alpha value is -3.10. The normalized spacial score (nSPS) is 16.7. The smallest absolute Gasteiger partial charge is 0.262 e. The fraction of sp³-hybridized carbons (Fsp3) is 0.318. The average molecular weight is 446 g/mol. The van der Waals surface area contributed by atoms with Crippen LogP contribution in [0.3, 0.4) is 0 Å². The zero-order valence-electron chi connectivity index (χ0n) is 17.0. The zero-order chi connectivity index (χ0) is 22.4. The van der Waals surface area contributed by atoms with Crippen molar-refractivity contribution in [1.82, 2.24) is 5.32 Å². The van der Waals surface area contributed by atoms with Crippen molar-refractivity contribution < 1.29 is 24.2 Å². The molecular weight excluding hydrogens is 422 g/mol. The van der Waals surface area contributed by atoms with E-state index >= 15 is 0 Å². The number of hydrogen-bond acceptors (Lipinski definition) is 5. The van der Waals surface area contributed by atoms with Crippen LogP contribution in [-0.2, 0) is 14.4 Å². The first-order chi connectivity index (χ1) is 14.8. The number of carbonyl (C=O) groups is 3. The molecule has 3 rings (SSSR count). The van der Waals surface area contributed by atoms with Gasteiger partial charge in [-0.25, -0.2) is 0 Å². The molecule has 0 bridgehead atoms. The summed E-state index contributed by atoms with van der Waals surface area (Å²) < 4.78 is 5.49. The number of ether oxygens (including phenoxy) is 1. The number of carbonyl (C=O) groups excluding carboxylic acids is 3. The molecule has 3 amide bonds. The highest BCUT2D eigenvalue weighted by atomic mass is 35.5. The van der Waals surface area contributed by atoms with E-state index in [-0.39, 0.29) is 43.8 Å². The van der Waals surface area contributed by atoms with Gasteiger partial charge in [0, 0.05) is 35.9 Å². The lowest BCUT2D eigenvalue weighted by atomic mass is 10.1. The summed E-state index contributed by atoms with van der Waals surface area (Å²) in [6.45, 7) is 1.84. The van der Waals surface area contributed by atoms with Crippen LogP contribution in [-0.4, -0.2) is 48.6 Å². The molecule has 164 valence electrons. The summed E-state index contributed by atoms with van der Waals surface area (Å²) in [6.07, 6.45) is -0.521. The molecule has 0 saturated carbocycles. The second-order valence-corrected chi connectivity index (χ2v) is 7.77. The molecule has 1 saturated heterocycles. The maximum absolute atomic E-state index is 12.3. The number of aliphatic hydroxyl groups is 1. The molecule has 0 aliphatic carbocycles. The van der Waals surface area contributed by atoms with E-state index in [0.29, 0.717) is 22.1 Å². The Balaban J connectivity index is 1.50. The van der Waals surface area contributed by atoms with E-state index in [1.807, 2.05) is 0 Å². The van der Waals surface area contributed by atoms with Gasteiger partial charge in [0.1, 0.15) is 5.75 Å². The molecule has 3 N–H and O–H groups in total. The molecule has 9 heteroatoms. The fourth-order valence-electron chi connectivity index (χ4n) is 3.13. The van der Waals surface area contributed by atoms with Crippen LogP contribution in [0.15, 0.2) is 48.5 Å². The van der Waals surface area contributed by atoms with E-state index in [9.17, 15) is 19.5 Å². The van der Waals surface area contributed by atoms with Gasteiger partial charge in [-0.05, 0) is 55.5 Å². The molecule has 1 heterocycles. The number of rotatable bonds is 8. The molecule has 8 nitrogen and oxygen atoms in total. The van der Waals surface area contributed by atoms with Gasteiger partial charge < -0.3 is 25.4 Å². The lowest BCUT2D eigenvalue weighted by Gasteiger charge is -2.17. The molecule has 2 aromatic rings. The summed E-state index contributed by atoms with van der Waals surface area (Å²) in [5.74, 6) is -0.685. The molecule has 0 aromatic heterocycles. The number of benzene rings is 2. The summed E-state index contributed by atoms with van der Waals surface area (Å²) in [6, 6.07) is 13.5. The van der Waals surface area contributed by atoms with Crippen LogP contribution in [0.4, 0.5) is 11.4 Å². The molecule has 2 aromatic carbocycles. The second kappa shape index (κ2) is 10.3. The number of aliphatic hydroxyl groups excluding tert-OH is 1. The Morgan fingerprint density at radius 1 is 1.19 bits per heavy atom. The summed E-state index contributed by atoms with van der Waals surface area (Å²) in [4.78, 5) is 38.0. The quantitative estimate of drug-likeness (QED) is 0.577. The maximum Gasteiger partial charge on any atom is 0.262 e. The molecule has 1 aliphatic heterocycles. The van der Waals surface area contributed by atoms with Crippen LogP contribution in [0, 0.1) is 5.92 Å². The van der Waals surface area contributed by atoms with Crippen molar-refractivity contribution in [2.75, 3.05) is 29.9 Å². The predicted molar refractivity (Wildman–Crippen MR) is 117 cm³/mol. The van der Waals surface area contributed by atoms with Crippen molar-refractivity contribution in [2.24, 2.45) is 5.92 Å². The standard InChI is InChI=1S/C22H24ClN3O5/c1-14(27)11-24-22(30)15-10-21(29)26(12-15)18-6-8-19(9-7-18)31-13-20(28)25-17-4-2-16(23)3-5-17/h2-9,14-15,27H,10-13H2,1H3,(H,24,30)(H,25,28)/t14-,15-/m1/s1. The molecule has 0 spiro atoms. The number of hydrogen-bond donors (Lipinski definition) is 3. The highest BCUT2D eigenvalue weighted by Crippen LogP contribution is 2.27. The first-order valence-corrected chi connectivity index (χ1v) is 10.2. The van der Waals surface area contributed by atoms with Gasteiger partial charge >= 0.3 is 0 Å². The molecule has 0 radical (unpaired) electrons. The largest absolute Gasteiger partial charge is 0.484 e. The Bertz CT molecular complexity index is 931. The van der Waals surface area contributed by atoms with E-state index in [0.717, 1.165) is 0 Å². The van der Waals surface area contributed by atoms with Crippen molar-refractivity contribution >= 4 is 40.7 Å². The predicted octanol–water partition coefficient (Wildman–Crippen LogP) is 2.21. The van der Waals surface area contributed by atoms with Crippen molar-refractivity contribution in [2.45, 2.75) is 19.4 Å². The van der Waals surface area contributed by atoms with E-state index in [1.54, 1.807) is 60.4 Å². The third-order valence-electron chi connectivity index (χ3n) is 4.71. The monoisotopic (exact) mass is 445 g/mol. The van der Waals surface area contributed by atoms with Gasteiger partial charge in [0.25, 0.3) is 5.91 Å². The molecule has 1 fully saturated rings. The third kappa shape index (κ3) is 6.44. The van der Waals surface area contributed by atoms with Gasteiger partial charge in [0.15, 0.2) is 6.61 Å². The topological polar surface area (TPSA) is 108 Å². The number of nitrogens with zero attached hydrogens (tertiary/aromatic N) is 1. The lowest BCUT2D eigenvalue weighted by molar-refractivity contribution is -0.126. The number of halogens is 1. The minimum Gasteiger partial charge on any atom is -0.484 e. The zero-order valence-corrected chi connectivity index (χ0v) is 17.8. The Morgan fingerprint density at radius 2 is 1.87 bits per heavy atom. The van der Waals surface area contributed by atoms with Crippen molar-refractivity contribution in [3.8, 4) is 5.75 Å². The van der Waals surface area contributed by atoms with Crippen LogP contribution in [0.5, 0.6) is 5.75 Å². The maximum atomic E-state index is 12.3. The number of amides is 3. The highest BCUT2D eigenvalue weighted by molar-refractivity contribution is 6.30. The number of anilines is 2. The van der Waals surface area contributed by atoms with Crippen molar-refractivity contribution in [3.05, 3.63) is 53.6 Å². The van der Waals surface area contributed by atoms with E-state index in [2.05, 4.69) is 10.6 Å². The first-order valence-electron chi connectivity index (χ1n) is 9.86. The van der Waals surface area contributed by atoms with Crippen molar-refractivity contribution in [3.63, 3.8) is 0 Å². The minimum atomic E-state index is -0.641. The van der Waals surface area contributed by atoms with Crippen LogP contribution < -0.4 is 20.3 Å². The molecular formula is C22H24ClN3O5. The van der Waals surface area contributed by atoms with Gasteiger partial charge in [-0.3, -0.25) is 14.4 Å². The lowest BCUT2D eigenvalue weighted by Crippen LogP contribution is -2.36. The first kappa shape index (κ1) is 22.6. The van der Waals surface area contributed by atoms with Crippen molar-refractivity contribution in [1.29, 1.82) is 0 Å². The Kier molecular flexibility index (Phi) is 7.49. The van der Waals surface area contributed by atoms with Crippen LogP contribution in [0.1, 0.15) is 13.3 Å². The Morgan fingerprint density at radius 3 is 2.52 bits per heavy atom. The summed E-state index contributed by atoms with van der Waals surface area (Å²) >= 11 is 5.82. The van der Waals surface area contributed by atoms with Crippen LogP contribution >= 0.6 is 11.6 Å². The SMILES string of the molecule is C[C@@H](O)CNC(=O)[C@@H]1CC(=O)N(c2ccc(OCC(=O)Nc3ccc(Cl)cc3)cc2)C1. The third-order valence-corrected chi connectivity index (χ3v) is 4.97. The van der Waals surface area contributed by atoms with Gasteiger partial charge in [0.05, 0.1) is 12.0 Å². The van der Waals surface area contributed by atoms with E-state index in [4.69, 9.17) is 16.3 Å². The Labute approximate surface area is 185 Å². The van der Waals surface area contributed by atoms with E-state index in [1.165, 1.54) is 0 Å². The molecule has 2 atom stereocenters. The van der Waals surface area contributed by atoms with Gasteiger partial charge in [-0.15, -0.1) is 0 Å². The molecule has 31 heavy (non-hydrogen) atoms. The average Bonchev–Trinajstić information content (AvgIpc) is 3.14. The van der Waals surface area contributed by atoms with Gasteiger partial charge in [-0.1, -0.05) is 11.6 Å². The molecule has 0 unspecified atom stereocenters. The minimum absolute atomic E-state index is 0.120. The van der Waals surface area contributed by atoms with Crippen LogP contribution in [0.2, 0.25) is 5.02 Å². The summed E-state index contributed by atoms with van der Waals surface area (Å²) in [5, 5.41) is 15.2. The fourth-order valence-corrected chi connectivity index (χ4v) is 3.25. The van der Waals surface area contributed by atoms with E-state index < -0.39 is 12.0 Å². The number of nitrogens with one attached hydrogen (secondary N) is 2.